The van der Waals surface area contributed by atoms with E-state index in [2.05, 4.69) is 6.58 Å². The Morgan fingerprint density at radius 2 is 0.970 bits per heavy atom. The molecule has 0 aromatic rings. The molecule has 10 nitrogen and oxygen atoms in total. The third kappa shape index (κ3) is 27.0. The predicted molar refractivity (Wildman–Crippen MR) is 122 cm³/mol. The minimum Gasteiger partial charge on any atom is -0.460 e. The van der Waals surface area contributed by atoms with Gasteiger partial charge in [-0.1, -0.05) is 6.58 Å². The SMILES string of the molecule is C=C(C)C(=O)OCCOCCOCCOCCOCCOCCCOCCCOCC(C)O. The summed E-state index contributed by atoms with van der Waals surface area (Å²) in [6, 6.07) is 0. The molecule has 1 unspecified atom stereocenters. The first-order chi connectivity index (χ1) is 16.0. The summed E-state index contributed by atoms with van der Waals surface area (Å²) >= 11 is 0. The molecule has 0 rings (SSSR count). The van der Waals surface area contributed by atoms with E-state index < -0.39 is 12.1 Å². The molecule has 0 aromatic carbocycles. The summed E-state index contributed by atoms with van der Waals surface area (Å²) in [4.78, 5) is 11.1. The molecule has 0 aliphatic heterocycles. The van der Waals surface area contributed by atoms with E-state index in [1.165, 1.54) is 0 Å². The molecule has 1 N–H and O–H groups in total. The van der Waals surface area contributed by atoms with Crippen molar-refractivity contribution in [1.82, 2.24) is 0 Å². The molecule has 0 fully saturated rings. The van der Waals surface area contributed by atoms with Crippen LogP contribution in [0.2, 0.25) is 0 Å². The highest BCUT2D eigenvalue weighted by molar-refractivity contribution is 5.86. The van der Waals surface area contributed by atoms with Crippen LogP contribution in [0.1, 0.15) is 26.7 Å². The molecule has 10 heteroatoms. The monoisotopic (exact) mass is 480 g/mol. The fourth-order valence-electron chi connectivity index (χ4n) is 2.18. The van der Waals surface area contributed by atoms with E-state index in [4.69, 9.17) is 43.0 Å². The highest BCUT2D eigenvalue weighted by atomic mass is 16.6. The zero-order valence-electron chi connectivity index (χ0n) is 20.4. The fraction of sp³-hybridized carbons (Fsp3) is 0.870. The van der Waals surface area contributed by atoms with Crippen LogP contribution in [-0.4, -0.2) is 116 Å². The second-order valence-corrected chi connectivity index (χ2v) is 7.22. The third-order valence-electron chi connectivity index (χ3n) is 3.81. The molecular formula is C23H44O10. The van der Waals surface area contributed by atoms with E-state index in [0.29, 0.717) is 98.1 Å². The number of aliphatic hydroxyl groups is 1. The van der Waals surface area contributed by atoms with Crippen LogP contribution in [0.3, 0.4) is 0 Å². The molecule has 0 saturated carbocycles. The zero-order chi connectivity index (χ0) is 24.4. The van der Waals surface area contributed by atoms with Gasteiger partial charge in [-0.25, -0.2) is 4.79 Å². The van der Waals surface area contributed by atoms with E-state index in [0.717, 1.165) is 12.8 Å². The Morgan fingerprint density at radius 1 is 0.636 bits per heavy atom. The lowest BCUT2D eigenvalue weighted by molar-refractivity contribution is -0.140. The first kappa shape index (κ1) is 31.9. The largest absolute Gasteiger partial charge is 0.460 e. The fourth-order valence-corrected chi connectivity index (χ4v) is 2.18. The smallest absolute Gasteiger partial charge is 0.333 e. The number of aliphatic hydroxyl groups excluding tert-OH is 1. The predicted octanol–water partition coefficient (Wildman–Crippen LogP) is 1.38. The van der Waals surface area contributed by atoms with E-state index in [1.807, 2.05) is 0 Å². The third-order valence-corrected chi connectivity index (χ3v) is 3.81. The van der Waals surface area contributed by atoms with Gasteiger partial charge in [0.25, 0.3) is 0 Å². The molecular weight excluding hydrogens is 436 g/mol. The molecule has 196 valence electrons. The average molecular weight is 481 g/mol. The molecule has 0 aliphatic carbocycles. The van der Waals surface area contributed by atoms with E-state index in [9.17, 15) is 4.79 Å². The maximum Gasteiger partial charge on any atom is 0.333 e. The van der Waals surface area contributed by atoms with Crippen LogP contribution in [0.4, 0.5) is 0 Å². The van der Waals surface area contributed by atoms with Gasteiger partial charge in [0.2, 0.25) is 0 Å². The molecule has 0 heterocycles. The maximum atomic E-state index is 11.1. The lowest BCUT2D eigenvalue weighted by Gasteiger charge is -2.08. The van der Waals surface area contributed by atoms with Gasteiger partial charge in [-0.3, -0.25) is 0 Å². The van der Waals surface area contributed by atoms with Crippen molar-refractivity contribution in [1.29, 1.82) is 0 Å². The van der Waals surface area contributed by atoms with E-state index in [-0.39, 0.29) is 6.61 Å². The van der Waals surface area contributed by atoms with Gasteiger partial charge in [0.05, 0.1) is 72.2 Å². The summed E-state index contributed by atoms with van der Waals surface area (Å²) in [6.07, 6.45) is 1.24. The van der Waals surface area contributed by atoms with Crippen molar-refractivity contribution in [2.45, 2.75) is 32.8 Å². The highest BCUT2D eigenvalue weighted by Gasteiger charge is 2.01. The number of hydrogen-bond donors (Lipinski definition) is 1. The minimum atomic E-state index is -0.421. The van der Waals surface area contributed by atoms with Crippen LogP contribution in [0.5, 0.6) is 0 Å². The summed E-state index contributed by atoms with van der Waals surface area (Å²) in [7, 11) is 0. The molecule has 0 spiro atoms. The lowest BCUT2D eigenvalue weighted by Crippen LogP contribution is -2.15. The Balaban J connectivity index is 3.06. The van der Waals surface area contributed by atoms with Crippen LogP contribution >= 0.6 is 0 Å². The van der Waals surface area contributed by atoms with Gasteiger partial charge < -0.3 is 43.0 Å². The first-order valence-corrected chi connectivity index (χ1v) is 11.6. The Hall–Kier alpha value is -1.11. The maximum absolute atomic E-state index is 11.1. The summed E-state index contributed by atoms with van der Waals surface area (Å²) in [6.45, 7) is 14.2. The summed E-state index contributed by atoms with van der Waals surface area (Å²) in [5, 5.41) is 9.05. The molecule has 0 saturated heterocycles. The molecule has 0 radical (unpaired) electrons. The van der Waals surface area contributed by atoms with Crippen LogP contribution in [-0.2, 0) is 42.7 Å². The second-order valence-electron chi connectivity index (χ2n) is 7.22. The number of carbonyl (C=O) groups is 1. The molecule has 0 aromatic heterocycles. The Bertz CT molecular complexity index is 445. The van der Waals surface area contributed by atoms with Crippen LogP contribution in [0.25, 0.3) is 0 Å². The normalized spacial score (nSPS) is 12.1. The highest BCUT2D eigenvalue weighted by Crippen LogP contribution is 1.92. The minimum absolute atomic E-state index is 0.206. The second kappa shape index (κ2) is 25.5. The Labute approximate surface area is 198 Å². The molecule has 1 atom stereocenters. The summed E-state index contributed by atoms with van der Waals surface area (Å²) in [5.41, 5.74) is 0.374. The standard InChI is InChI=1S/C23H44O10/c1-21(2)23(25)33-19-18-31-17-16-30-15-14-29-13-12-28-11-10-27-8-4-6-26-7-5-9-32-20-22(3)24/h22,24H,1,4-20H2,2-3H3. The van der Waals surface area contributed by atoms with Crippen LogP contribution < -0.4 is 0 Å². The average Bonchev–Trinajstić information content (AvgIpc) is 2.78. The topological polar surface area (TPSA) is 111 Å². The van der Waals surface area contributed by atoms with Gasteiger partial charge in [0.15, 0.2) is 0 Å². The van der Waals surface area contributed by atoms with Crippen molar-refractivity contribution >= 4 is 5.97 Å². The van der Waals surface area contributed by atoms with Gasteiger partial charge in [-0.05, 0) is 26.7 Å². The number of rotatable bonds is 26. The molecule has 0 aliphatic rings. The number of carbonyl (C=O) groups excluding carboxylic acids is 1. The Kier molecular flexibility index (Phi) is 24.7. The lowest BCUT2D eigenvalue weighted by atomic mass is 10.4. The number of ether oxygens (including phenoxy) is 8. The zero-order valence-corrected chi connectivity index (χ0v) is 20.4. The summed E-state index contributed by atoms with van der Waals surface area (Å²) in [5.74, 6) is -0.409. The van der Waals surface area contributed by atoms with Crippen LogP contribution in [0, 0.1) is 0 Å². The van der Waals surface area contributed by atoms with E-state index >= 15 is 0 Å². The van der Waals surface area contributed by atoms with Crippen molar-refractivity contribution in [3.8, 4) is 0 Å². The number of hydrogen-bond acceptors (Lipinski definition) is 10. The van der Waals surface area contributed by atoms with Gasteiger partial charge in [-0.2, -0.15) is 0 Å². The first-order valence-electron chi connectivity index (χ1n) is 11.6. The van der Waals surface area contributed by atoms with Crippen molar-refractivity contribution in [2.75, 3.05) is 99.1 Å². The van der Waals surface area contributed by atoms with Crippen LogP contribution in [0.15, 0.2) is 12.2 Å². The van der Waals surface area contributed by atoms with Crippen molar-refractivity contribution in [3.05, 3.63) is 12.2 Å². The summed E-state index contributed by atoms with van der Waals surface area (Å²) < 4.78 is 42.6. The Morgan fingerprint density at radius 3 is 1.36 bits per heavy atom. The van der Waals surface area contributed by atoms with Crippen molar-refractivity contribution in [3.63, 3.8) is 0 Å². The molecule has 33 heavy (non-hydrogen) atoms. The number of esters is 1. The van der Waals surface area contributed by atoms with E-state index in [1.54, 1.807) is 13.8 Å². The van der Waals surface area contributed by atoms with Crippen molar-refractivity contribution in [2.24, 2.45) is 0 Å². The van der Waals surface area contributed by atoms with Gasteiger partial charge in [0.1, 0.15) is 6.61 Å². The van der Waals surface area contributed by atoms with Gasteiger partial charge in [0, 0.05) is 32.0 Å². The van der Waals surface area contributed by atoms with Gasteiger partial charge >= 0.3 is 5.97 Å². The molecule has 0 bridgehead atoms. The van der Waals surface area contributed by atoms with Gasteiger partial charge in [-0.15, -0.1) is 0 Å². The molecule has 0 amide bonds. The van der Waals surface area contributed by atoms with Crippen molar-refractivity contribution < 1.29 is 47.8 Å². The quantitative estimate of drug-likeness (QED) is 0.111.